The van der Waals surface area contributed by atoms with Crippen LogP contribution in [0.25, 0.3) is 0 Å². The minimum Gasteiger partial charge on any atom is -0.462 e. The lowest BCUT2D eigenvalue weighted by Crippen LogP contribution is -2.26. The Morgan fingerprint density at radius 1 is 0.889 bits per heavy atom. The second-order valence-electron chi connectivity index (χ2n) is 11.9. The molecule has 3 nitrogen and oxygen atoms in total. The van der Waals surface area contributed by atoms with Crippen molar-refractivity contribution in [1.29, 1.82) is 0 Å². The summed E-state index contributed by atoms with van der Waals surface area (Å²) in [6, 6.07) is 8.87. The second kappa shape index (κ2) is 15.6. The van der Waals surface area contributed by atoms with Crippen LogP contribution in [0.1, 0.15) is 114 Å². The first-order valence-electron chi connectivity index (χ1n) is 14.9. The van der Waals surface area contributed by atoms with E-state index in [4.69, 9.17) is 9.47 Å². The minimum atomic E-state index is -0.336. The molecule has 1 atom stereocenters. The number of benzene rings is 1. The van der Waals surface area contributed by atoms with Gasteiger partial charge in [0.15, 0.2) is 0 Å². The van der Waals surface area contributed by atoms with E-state index in [-0.39, 0.29) is 11.9 Å². The number of aryl methyl sites for hydroxylation is 1. The summed E-state index contributed by atoms with van der Waals surface area (Å²) in [5, 5.41) is 0. The summed E-state index contributed by atoms with van der Waals surface area (Å²) in [6.07, 6.45) is 20.0. The Hall–Kier alpha value is -1.61. The Kier molecular flexibility index (Phi) is 12.5. The number of carbonyl (C=O) groups is 1. The molecule has 0 amide bonds. The highest BCUT2D eigenvalue weighted by Gasteiger charge is 2.30. The molecule has 0 spiro atoms. The number of methoxy groups -OCH3 is 1. The minimum absolute atomic E-state index is 0.0500. The maximum atomic E-state index is 11.8. The van der Waals surface area contributed by atoms with Crippen molar-refractivity contribution >= 4 is 5.97 Å². The van der Waals surface area contributed by atoms with Crippen molar-refractivity contribution in [3.05, 3.63) is 47.5 Å². The van der Waals surface area contributed by atoms with Crippen LogP contribution in [0.5, 0.6) is 0 Å². The Bertz CT molecular complexity index is 767. The third kappa shape index (κ3) is 9.36. The summed E-state index contributed by atoms with van der Waals surface area (Å²) in [6.45, 7) is 8.51. The quantitative estimate of drug-likeness (QED) is 0.147. The molecule has 0 aromatic heterocycles. The van der Waals surface area contributed by atoms with Gasteiger partial charge in [0.05, 0.1) is 6.61 Å². The molecule has 1 aromatic rings. The SMILES string of the molecule is C=C(C)C(=O)OCC(COC)c1ccc(CCC2CCC(C3CCC(CCCCC)CC3)CC2)cc1. The normalized spacial score (nSPS) is 25.3. The van der Waals surface area contributed by atoms with Gasteiger partial charge in [0.2, 0.25) is 0 Å². The first-order chi connectivity index (χ1) is 17.5. The van der Waals surface area contributed by atoms with Crippen LogP contribution >= 0.6 is 0 Å². The zero-order valence-corrected chi connectivity index (χ0v) is 23.4. The van der Waals surface area contributed by atoms with Crippen molar-refractivity contribution in [2.75, 3.05) is 20.3 Å². The van der Waals surface area contributed by atoms with E-state index < -0.39 is 0 Å². The summed E-state index contributed by atoms with van der Waals surface area (Å²) in [7, 11) is 1.69. The van der Waals surface area contributed by atoms with Crippen LogP contribution in [0.2, 0.25) is 0 Å². The molecule has 0 saturated heterocycles. The van der Waals surface area contributed by atoms with Crippen molar-refractivity contribution in [2.24, 2.45) is 23.7 Å². The van der Waals surface area contributed by atoms with Crippen LogP contribution in [0.4, 0.5) is 0 Å². The van der Waals surface area contributed by atoms with Crippen LogP contribution < -0.4 is 0 Å². The molecule has 0 aliphatic heterocycles. The number of hydrogen-bond acceptors (Lipinski definition) is 3. The fraction of sp³-hybridized carbons (Fsp3) is 0.727. The van der Waals surface area contributed by atoms with Gasteiger partial charge < -0.3 is 9.47 Å². The lowest BCUT2D eigenvalue weighted by molar-refractivity contribution is -0.139. The molecule has 36 heavy (non-hydrogen) atoms. The van der Waals surface area contributed by atoms with Crippen LogP contribution in [0.3, 0.4) is 0 Å². The number of unbranched alkanes of at least 4 members (excludes halogenated alkanes) is 2. The highest BCUT2D eigenvalue weighted by Crippen LogP contribution is 2.43. The van der Waals surface area contributed by atoms with Gasteiger partial charge in [-0.1, -0.05) is 89.1 Å². The standard InChI is InChI=1S/C33H52O3/c1-5-6-7-8-26-11-17-29(18-12-26)30-19-13-27(14-20-30)9-10-28-15-21-31(22-16-28)32(23-35-4)24-36-33(34)25(2)3/h15-16,21-22,26-27,29-30,32H,2,5-14,17-20,23-24H2,1,3-4H3. The second-order valence-corrected chi connectivity index (χ2v) is 11.9. The molecule has 202 valence electrons. The van der Waals surface area contributed by atoms with Gasteiger partial charge in [0.25, 0.3) is 0 Å². The molecule has 3 rings (SSSR count). The van der Waals surface area contributed by atoms with E-state index in [1.807, 2.05) is 0 Å². The van der Waals surface area contributed by atoms with E-state index in [0.29, 0.717) is 18.8 Å². The van der Waals surface area contributed by atoms with Crippen molar-refractivity contribution < 1.29 is 14.3 Å². The topological polar surface area (TPSA) is 35.5 Å². The fourth-order valence-electron chi connectivity index (χ4n) is 6.65. The first kappa shape index (κ1) is 29.0. The van der Waals surface area contributed by atoms with E-state index >= 15 is 0 Å². The van der Waals surface area contributed by atoms with Gasteiger partial charge in [0, 0.05) is 18.6 Å². The Morgan fingerprint density at radius 3 is 2.00 bits per heavy atom. The number of ether oxygens (including phenoxy) is 2. The van der Waals surface area contributed by atoms with E-state index in [1.165, 1.54) is 89.0 Å². The number of rotatable bonds is 14. The molecule has 0 heterocycles. The van der Waals surface area contributed by atoms with E-state index in [2.05, 4.69) is 37.8 Å². The molecule has 0 N–H and O–H groups in total. The maximum Gasteiger partial charge on any atom is 0.333 e. The lowest BCUT2D eigenvalue weighted by Gasteiger charge is -2.38. The van der Waals surface area contributed by atoms with Gasteiger partial charge in [-0.2, -0.15) is 0 Å². The Labute approximate surface area is 221 Å². The van der Waals surface area contributed by atoms with Crippen molar-refractivity contribution in [1.82, 2.24) is 0 Å². The number of esters is 1. The molecule has 0 bridgehead atoms. The van der Waals surface area contributed by atoms with Gasteiger partial charge in [-0.05, 0) is 80.2 Å². The molecular formula is C33H52O3. The highest BCUT2D eigenvalue weighted by atomic mass is 16.5. The summed E-state index contributed by atoms with van der Waals surface area (Å²) in [4.78, 5) is 11.8. The van der Waals surface area contributed by atoms with E-state index in [1.54, 1.807) is 14.0 Å². The summed E-state index contributed by atoms with van der Waals surface area (Å²) < 4.78 is 10.8. The van der Waals surface area contributed by atoms with Crippen molar-refractivity contribution in [3.63, 3.8) is 0 Å². The molecular weight excluding hydrogens is 444 g/mol. The Morgan fingerprint density at radius 2 is 1.47 bits per heavy atom. The molecule has 2 fully saturated rings. The van der Waals surface area contributed by atoms with Crippen LogP contribution in [-0.4, -0.2) is 26.3 Å². The third-order valence-electron chi connectivity index (χ3n) is 9.09. The molecule has 2 aliphatic carbocycles. The van der Waals surface area contributed by atoms with Gasteiger partial charge >= 0.3 is 5.97 Å². The van der Waals surface area contributed by atoms with Crippen LogP contribution in [0.15, 0.2) is 36.4 Å². The van der Waals surface area contributed by atoms with Crippen LogP contribution in [-0.2, 0) is 20.7 Å². The summed E-state index contributed by atoms with van der Waals surface area (Å²) >= 11 is 0. The molecule has 2 aliphatic rings. The first-order valence-corrected chi connectivity index (χ1v) is 14.9. The van der Waals surface area contributed by atoms with Gasteiger partial charge in [-0.3, -0.25) is 0 Å². The smallest absolute Gasteiger partial charge is 0.333 e. The average Bonchev–Trinajstić information content (AvgIpc) is 2.91. The molecule has 1 aromatic carbocycles. The number of carbonyl (C=O) groups excluding carboxylic acids is 1. The monoisotopic (exact) mass is 496 g/mol. The van der Waals surface area contributed by atoms with Gasteiger partial charge in [-0.15, -0.1) is 0 Å². The average molecular weight is 497 g/mol. The molecule has 3 heteroatoms. The maximum absolute atomic E-state index is 11.8. The fourth-order valence-corrected chi connectivity index (χ4v) is 6.65. The predicted octanol–water partition coefficient (Wildman–Crippen LogP) is 8.66. The molecule has 2 saturated carbocycles. The van der Waals surface area contributed by atoms with Crippen molar-refractivity contribution in [2.45, 2.75) is 110 Å². The van der Waals surface area contributed by atoms with Gasteiger partial charge in [-0.25, -0.2) is 4.79 Å². The third-order valence-corrected chi connectivity index (χ3v) is 9.09. The zero-order chi connectivity index (χ0) is 25.8. The Balaban J connectivity index is 1.36. The van der Waals surface area contributed by atoms with Gasteiger partial charge in [0.1, 0.15) is 6.61 Å². The molecule has 1 unspecified atom stereocenters. The summed E-state index contributed by atoms with van der Waals surface area (Å²) in [5.41, 5.74) is 3.01. The van der Waals surface area contributed by atoms with Crippen molar-refractivity contribution in [3.8, 4) is 0 Å². The van der Waals surface area contributed by atoms with Crippen LogP contribution in [0, 0.1) is 23.7 Å². The van der Waals surface area contributed by atoms with E-state index in [9.17, 15) is 4.79 Å². The lowest BCUT2D eigenvalue weighted by atomic mass is 9.68. The number of hydrogen-bond donors (Lipinski definition) is 0. The molecule has 0 radical (unpaired) electrons. The summed E-state index contributed by atoms with van der Waals surface area (Å²) in [5.74, 6) is 3.68. The van der Waals surface area contributed by atoms with E-state index in [0.717, 1.165) is 35.7 Å². The largest absolute Gasteiger partial charge is 0.462 e. The highest BCUT2D eigenvalue weighted by molar-refractivity contribution is 5.86. The predicted molar refractivity (Wildman–Crippen MR) is 150 cm³/mol. The zero-order valence-electron chi connectivity index (χ0n) is 23.4.